The van der Waals surface area contributed by atoms with Crippen molar-refractivity contribution in [2.24, 2.45) is 0 Å². The highest BCUT2D eigenvalue weighted by Crippen LogP contribution is 2.19. The first-order chi connectivity index (χ1) is 12.7. The molecule has 5 nitrogen and oxygen atoms in total. The van der Waals surface area contributed by atoms with Crippen molar-refractivity contribution in [2.45, 2.75) is 19.4 Å². The van der Waals surface area contributed by atoms with E-state index < -0.39 is 12.0 Å². The van der Waals surface area contributed by atoms with E-state index in [1.165, 1.54) is 5.69 Å². The Labute approximate surface area is 154 Å². The number of carboxylic acid groups (broad SMARTS) is 1. The first kappa shape index (κ1) is 18.3. The number of hydrogen-bond acceptors (Lipinski definition) is 4. The van der Waals surface area contributed by atoms with E-state index in [0.717, 1.165) is 37.5 Å². The summed E-state index contributed by atoms with van der Waals surface area (Å²) in [6, 6.07) is 17.5. The van der Waals surface area contributed by atoms with E-state index in [0.29, 0.717) is 13.0 Å². The van der Waals surface area contributed by atoms with E-state index in [1.54, 1.807) is 0 Å². The van der Waals surface area contributed by atoms with Crippen molar-refractivity contribution in [3.63, 3.8) is 0 Å². The van der Waals surface area contributed by atoms with Gasteiger partial charge in [0.2, 0.25) is 0 Å². The van der Waals surface area contributed by atoms with E-state index in [9.17, 15) is 9.90 Å². The molecule has 0 saturated carbocycles. The van der Waals surface area contributed by atoms with Gasteiger partial charge in [-0.05, 0) is 43.2 Å². The Bertz CT molecular complexity index is 695. The minimum Gasteiger partial charge on any atom is -0.494 e. The van der Waals surface area contributed by atoms with Crippen LogP contribution in [0.5, 0.6) is 5.75 Å². The van der Waals surface area contributed by atoms with Crippen LogP contribution in [0.15, 0.2) is 54.6 Å². The molecule has 1 fully saturated rings. The number of hydrogen-bond donors (Lipinski definition) is 1. The van der Waals surface area contributed by atoms with Crippen molar-refractivity contribution in [2.75, 3.05) is 37.7 Å². The molecule has 2 aromatic rings. The van der Waals surface area contributed by atoms with Crippen molar-refractivity contribution < 1.29 is 14.6 Å². The van der Waals surface area contributed by atoms with Crippen LogP contribution in [0.1, 0.15) is 12.5 Å². The quantitative estimate of drug-likeness (QED) is 0.829. The molecule has 0 aliphatic carbocycles. The highest BCUT2D eigenvalue weighted by atomic mass is 16.5. The normalized spacial score (nSPS) is 16.3. The fourth-order valence-electron chi connectivity index (χ4n) is 3.41. The van der Waals surface area contributed by atoms with Gasteiger partial charge in [0.05, 0.1) is 6.61 Å². The third kappa shape index (κ3) is 4.55. The molecule has 138 valence electrons. The fraction of sp³-hybridized carbons (Fsp3) is 0.381. The molecule has 1 heterocycles. The highest BCUT2D eigenvalue weighted by Gasteiger charge is 2.29. The van der Waals surface area contributed by atoms with Gasteiger partial charge < -0.3 is 14.7 Å². The number of anilines is 1. The smallest absolute Gasteiger partial charge is 0.321 e. The fourth-order valence-corrected chi connectivity index (χ4v) is 3.41. The standard InChI is InChI=1S/C21H26N2O3/c1-2-26-19-10-8-17(9-11-19)16-20(21(24)25)23-14-12-22(13-15-23)18-6-4-3-5-7-18/h3-11,20H,2,12-16H2,1H3,(H,24,25)/t20-/m1/s1. The second kappa shape index (κ2) is 8.72. The molecule has 2 aromatic carbocycles. The van der Waals surface area contributed by atoms with Crippen molar-refractivity contribution in [3.8, 4) is 5.75 Å². The molecule has 5 heteroatoms. The van der Waals surface area contributed by atoms with Crippen LogP contribution in [0, 0.1) is 0 Å². The SMILES string of the molecule is CCOc1ccc(C[C@H](C(=O)O)N2CCN(c3ccccc3)CC2)cc1. The number of aliphatic carboxylic acids is 1. The van der Waals surface area contributed by atoms with Crippen LogP contribution in [0.25, 0.3) is 0 Å². The van der Waals surface area contributed by atoms with Crippen molar-refractivity contribution in [1.82, 2.24) is 4.90 Å². The maximum absolute atomic E-state index is 11.8. The summed E-state index contributed by atoms with van der Waals surface area (Å²) in [4.78, 5) is 16.2. The van der Waals surface area contributed by atoms with Crippen molar-refractivity contribution in [3.05, 3.63) is 60.2 Å². The summed E-state index contributed by atoms with van der Waals surface area (Å²) in [7, 11) is 0. The Morgan fingerprint density at radius 2 is 1.69 bits per heavy atom. The molecule has 3 rings (SSSR count). The lowest BCUT2D eigenvalue weighted by Gasteiger charge is -2.38. The monoisotopic (exact) mass is 354 g/mol. The highest BCUT2D eigenvalue weighted by molar-refractivity contribution is 5.74. The molecule has 0 unspecified atom stereocenters. The van der Waals surface area contributed by atoms with E-state index in [2.05, 4.69) is 21.9 Å². The van der Waals surface area contributed by atoms with Crippen LogP contribution in [-0.4, -0.2) is 54.8 Å². The molecule has 0 amide bonds. The van der Waals surface area contributed by atoms with Gasteiger partial charge in [-0.2, -0.15) is 0 Å². The number of piperazine rings is 1. The second-order valence-corrected chi connectivity index (χ2v) is 6.49. The molecule has 0 bridgehead atoms. The van der Waals surface area contributed by atoms with Crippen molar-refractivity contribution >= 4 is 11.7 Å². The number of benzene rings is 2. The summed E-state index contributed by atoms with van der Waals surface area (Å²) < 4.78 is 5.45. The third-order valence-electron chi connectivity index (χ3n) is 4.82. The van der Waals surface area contributed by atoms with E-state index in [4.69, 9.17) is 4.74 Å². The zero-order valence-corrected chi connectivity index (χ0v) is 15.2. The first-order valence-electron chi connectivity index (χ1n) is 9.16. The Hall–Kier alpha value is -2.53. The van der Waals surface area contributed by atoms with Gasteiger partial charge in [0.1, 0.15) is 11.8 Å². The maximum atomic E-state index is 11.8. The van der Waals surface area contributed by atoms with Gasteiger partial charge in [0, 0.05) is 31.9 Å². The van der Waals surface area contributed by atoms with E-state index >= 15 is 0 Å². The Balaban J connectivity index is 1.61. The summed E-state index contributed by atoms with van der Waals surface area (Å²) >= 11 is 0. The largest absolute Gasteiger partial charge is 0.494 e. The molecule has 1 saturated heterocycles. The van der Waals surface area contributed by atoms with Gasteiger partial charge in [-0.15, -0.1) is 0 Å². The molecule has 1 N–H and O–H groups in total. The second-order valence-electron chi connectivity index (χ2n) is 6.49. The van der Waals surface area contributed by atoms with Gasteiger partial charge in [-0.1, -0.05) is 30.3 Å². The van der Waals surface area contributed by atoms with Crippen LogP contribution in [0.2, 0.25) is 0 Å². The van der Waals surface area contributed by atoms with Gasteiger partial charge >= 0.3 is 5.97 Å². The van der Waals surface area contributed by atoms with Crippen LogP contribution in [0.3, 0.4) is 0 Å². The van der Waals surface area contributed by atoms with Gasteiger partial charge in [0.15, 0.2) is 0 Å². The molecular weight excluding hydrogens is 328 g/mol. The van der Waals surface area contributed by atoms with Crippen LogP contribution >= 0.6 is 0 Å². The Kier molecular flexibility index (Phi) is 6.12. The molecule has 1 atom stereocenters. The predicted molar refractivity (Wildman–Crippen MR) is 103 cm³/mol. The first-order valence-corrected chi connectivity index (χ1v) is 9.16. The van der Waals surface area contributed by atoms with Crippen LogP contribution in [0.4, 0.5) is 5.69 Å². The summed E-state index contributed by atoms with van der Waals surface area (Å²) in [5.74, 6) is 0.0617. The summed E-state index contributed by atoms with van der Waals surface area (Å²) in [6.45, 7) is 5.77. The van der Waals surface area contributed by atoms with E-state index in [-0.39, 0.29) is 0 Å². The number of ether oxygens (including phenoxy) is 1. The minimum absolute atomic E-state index is 0.495. The lowest BCUT2D eigenvalue weighted by molar-refractivity contribution is -0.143. The minimum atomic E-state index is -0.757. The van der Waals surface area contributed by atoms with Gasteiger partial charge in [0.25, 0.3) is 0 Å². The number of para-hydroxylation sites is 1. The number of nitrogens with zero attached hydrogens (tertiary/aromatic N) is 2. The Morgan fingerprint density at radius 1 is 1.04 bits per heavy atom. The number of rotatable bonds is 7. The van der Waals surface area contributed by atoms with Gasteiger partial charge in [-0.25, -0.2) is 0 Å². The maximum Gasteiger partial charge on any atom is 0.321 e. The molecule has 26 heavy (non-hydrogen) atoms. The summed E-state index contributed by atoms with van der Waals surface area (Å²) in [5, 5.41) is 9.73. The lowest BCUT2D eigenvalue weighted by atomic mass is 10.0. The Morgan fingerprint density at radius 3 is 2.27 bits per heavy atom. The lowest BCUT2D eigenvalue weighted by Crippen LogP contribution is -2.53. The zero-order valence-electron chi connectivity index (χ0n) is 15.2. The molecule has 0 radical (unpaired) electrons. The summed E-state index contributed by atoms with van der Waals surface area (Å²) in [6.07, 6.45) is 0.507. The summed E-state index contributed by atoms with van der Waals surface area (Å²) in [5.41, 5.74) is 2.22. The van der Waals surface area contributed by atoms with Gasteiger partial charge in [-0.3, -0.25) is 9.69 Å². The molecule has 0 spiro atoms. The average molecular weight is 354 g/mol. The van der Waals surface area contributed by atoms with Crippen LogP contribution in [-0.2, 0) is 11.2 Å². The molecular formula is C21H26N2O3. The topological polar surface area (TPSA) is 53.0 Å². The zero-order chi connectivity index (χ0) is 18.4. The molecule has 0 aromatic heterocycles. The van der Waals surface area contributed by atoms with E-state index in [1.807, 2.05) is 49.4 Å². The number of carbonyl (C=O) groups is 1. The predicted octanol–water partition coefficient (Wildman–Crippen LogP) is 2.90. The average Bonchev–Trinajstić information content (AvgIpc) is 2.68. The third-order valence-corrected chi connectivity index (χ3v) is 4.82. The molecule has 1 aliphatic heterocycles. The number of carboxylic acids is 1. The van der Waals surface area contributed by atoms with Crippen molar-refractivity contribution in [1.29, 1.82) is 0 Å². The van der Waals surface area contributed by atoms with Crippen LogP contribution < -0.4 is 9.64 Å². The molecule has 1 aliphatic rings.